The number of phenols is 2. The van der Waals surface area contributed by atoms with E-state index in [9.17, 15) is 10.2 Å². The van der Waals surface area contributed by atoms with E-state index in [1.54, 1.807) is 18.2 Å². The number of benzene rings is 8. The summed E-state index contributed by atoms with van der Waals surface area (Å²) >= 11 is 0. The molecule has 2 N–H and O–H groups in total. The second-order valence-electron chi connectivity index (χ2n) is 19.2. The van der Waals surface area contributed by atoms with Crippen molar-refractivity contribution in [2.45, 2.75) is 79.6 Å². The van der Waals surface area contributed by atoms with Gasteiger partial charge in [0.25, 0.3) is 0 Å². The topological polar surface area (TPSA) is 136 Å². The third kappa shape index (κ3) is 15.1. The minimum absolute atomic E-state index is 0. The summed E-state index contributed by atoms with van der Waals surface area (Å²) in [4.78, 5) is 28.6. The molecule has 10 aromatic rings. The molecule has 0 aliphatic carbocycles. The highest BCUT2D eigenvalue weighted by atomic mass is 16.5. The van der Waals surface area contributed by atoms with Crippen LogP contribution in [0.5, 0.6) is 23.0 Å². The molecule has 0 radical (unpaired) electrons. The van der Waals surface area contributed by atoms with Crippen LogP contribution < -0.4 is 9.47 Å². The van der Waals surface area contributed by atoms with Crippen LogP contribution in [0.2, 0.25) is 0 Å². The van der Waals surface area contributed by atoms with E-state index in [0.29, 0.717) is 76.7 Å². The molecular formula is C69H70N6O4. The zero-order valence-electron chi connectivity index (χ0n) is 44.7. The summed E-state index contributed by atoms with van der Waals surface area (Å²) < 4.78 is 11.9. The molecule has 10 heteroatoms. The first-order valence-corrected chi connectivity index (χ1v) is 27.2. The Balaban J connectivity index is 0.000000219. The Kier molecular flexibility index (Phi) is 20.2. The molecule has 0 aliphatic heterocycles. The van der Waals surface area contributed by atoms with Gasteiger partial charge in [0.2, 0.25) is 0 Å². The third-order valence-corrected chi connectivity index (χ3v) is 13.6. The lowest BCUT2D eigenvalue weighted by Gasteiger charge is -2.16. The predicted octanol–water partition coefficient (Wildman–Crippen LogP) is 17.7. The molecule has 0 spiro atoms. The Morgan fingerprint density at radius 2 is 0.696 bits per heavy atom. The van der Waals surface area contributed by atoms with Crippen molar-refractivity contribution in [1.82, 2.24) is 29.9 Å². The van der Waals surface area contributed by atoms with Gasteiger partial charge in [-0.2, -0.15) is 0 Å². The van der Waals surface area contributed by atoms with Gasteiger partial charge < -0.3 is 19.7 Å². The van der Waals surface area contributed by atoms with E-state index in [4.69, 9.17) is 24.4 Å². The van der Waals surface area contributed by atoms with E-state index >= 15 is 0 Å². The minimum atomic E-state index is 0. The predicted molar refractivity (Wildman–Crippen MR) is 322 cm³/mol. The molecule has 0 amide bonds. The number of hydrogen-bond acceptors (Lipinski definition) is 10. The Hall–Kier alpha value is -9.02. The molecule has 10 rings (SSSR count). The highest BCUT2D eigenvalue weighted by Crippen LogP contribution is 2.36. The van der Waals surface area contributed by atoms with E-state index in [0.717, 1.165) is 70.2 Å². The molecule has 0 aliphatic rings. The van der Waals surface area contributed by atoms with E-state index in [-0.39, 0.29) is 18.9 Å². The number of hydrogen-bond donors (Lipinski definition) is 2. The van der Waals surface area contributed by atoms with Gasteiger partial charge in [0.05, 0.1) is 24.3 Å². The van der Waals surface area contributed by atoms with Gasteiger partial charge in [-0.3, -0.25) is 0 Å². The summed E-state index contributed by atoms with van der Waals surface area (Å²) in [5.41, 5.74) is 9.09. The SMILES string of the molecule is C.CCCCC(CC)COc1ccc(-c2nc(-c3ccc(-c4ccccc4)cc3)nc(-c3ccc(-c4ccccc4)cc3)n2)c(O)c1.CCCCCCOc1ccc(-c2nc(-c3ccccc3)nc(-c3ccccc3)n2)c(O)c1. The molecule has 1 unspecified atom stereocenters. The number of unbranched alkanes of at least 4 members (excludes halogenated alkanes) is 4. The molecule has 1 atom stereocenters. The van der Waals surface area contributed by atoms with E-state index in [1.807, 2.05) is 140 Å². The van der Waals surface area contributed by atoms with E-state index in [1.165, 1.54) is 25.7 Å². The maximum absolute atomic E-state index is 11.2. The summed E-state index contributed by atoms with van der Waals surface area (Å²) in [6.07, 6.45) is 9.14. The summed E-state index contributed by atoms with van der Waals surface area (Å²) in [6, 6.07) is 67.2. The third-order valence-electron chi connectivity index (χ3n) is 13.6. The van der Waals surface area contributed by atoms with Crippen LogP contribution in [0, 0.1) is 5.92 Å². The monoisotopic (exact) mass is 1050 g/mol. The summed E-state index contributed by atoms with van der Waals surface area (Å²) in [6.45, 7) is 7.87. The van der Waals surface area contributed by atoms with Gasteiger partial charge in [-0.15, -0.1) is 0 Å². The maximum Gasteiger partial charge on any atom is 0.167 e. The van der Waals surface area contributed by atoms with Gasteiger partial charge in [-0.05, 0) is 65.3 Å². The molecular weight excluding hydrogens is 977 g/mol. The molecule has 2 aromatic heterocycles. The van der Waals surface area contributed by atoms with Crippen LogP contribution in [-0.4, -0.2) is 53.3 Å². The molecule has 8 aromatic carbocycles. The second kappa shape index (κ2) is 28.4. The van der Waals surface area contributed by atoms with Crippen molar-refractivity contribution in [3.05, 3.63) is 206 Å². The summed E-state index contributed by atoms with van der Waals surface area (Å²) in [7, 11) is 0. The summed E-state index contributed by atoms with van der Waals surface area (Å²) in [5, 5.41) is 21.9. The Morgan fingerprint density at radius 3 is 1.08 bits per heavy atom. The Bertz CT molecular complexity index is 3300. The van der Waals surface area contributed by atoms with Gasteiger partial charge in [0.15, 0.2) is 34.9 Å². The largest absolute Gasteiger partial charge is 0.507 e. The van der Waals surface area contributed by atoms with Gasteiger partial charge >= 0.3 is 0 Å². The van der Waals surface area contributed by atoms with Crippen LogP contribution in [0.15, 0.2) is 206 Å². The number of ether oxygens (including phenoxy) is 2. The molecule has 0 bridgehead atoms. The molecule has 2 heterocycles. The fraction of sp³-hybridized carbons (Fsp3) is 0.217. The van der Waals surface area contributed by atoms with Crippen molar-refractivity contribution in [3.63, 3.8) is 0 Å². The van der Waals surface area contributed by atoms with Crippen molar-refractivity contribution < 1.29 is 19.7 Å². The van der Waals surface area contributed by atoms with Crippen LogP contribution in [0.3, 0.4) is 0 Å². The van der Waals surface area contributed by atoms with Crippen molar-refractivity contribution in [1.29, 1.82) is 0 Å². The highest BCUT2D eigenvalue weighted by Gasteiger charge is 2.18. The zero-order valence-corrected chi connectivity index (χ0v) is 44.7. The number of nitrogens with zero attached hydrogens (tertiary/aromatic N) is 6. The standard InChI is InChI=1S/C41H39N3O2.C27H27N3O2.CH4/c1-3-5-12-29(4-2)28-46-36-25-26-37(38(45)27-36)41-43-39(34-21-17-32(18-22-34)30-13-8-6-9-14-30)42-40(44-41)35-23-19-33(20-24-35)31-15-10-7-11-16-31;1-2-3-4-11-18-32-22-16-17-23(24(31)19-22)27-29-25(20-12-7-5-8-13-20)28-26(30-27)21-14-9-6-10-15-21;/h6-11,13-27,29,45H,3-5,12,28H2,1-2H3;5-10,12-17,19,31H,2-4,11,18H2,1H3;1H4. The molecule has 0 saturated heterocycles. The van der Waals surface area contributed by atoms with E-state index in [2.05, 4.69) is 84.3 Å². The minimum Gasteiger partial charge on any atom is -0.507 e. The molecule has 0 fully saturated rings. The van der Waals surface area contributed by atoms with Crippen LogP contribution in [0.4, 0.5) is 0 Å². The van der Waals surface area contributed by atoms with Crippen LogP contribution in [0.25, 0.3) is 90.6 Å². The average Bonchev–Trinajstić information content (AvgIpc) is 3.52. The second-order valence-corrected chi connectivity index (χ2v) is 19.2. The molecule has 400 valence electrons. The van der Waals surface area contributed by atoms with Crippen molar-refractivity contribution in [2.24, 2.45) is 5.92 Å². The smallest absolute Gasteiger partial charge is 0.167 e. The molecule has 10 nitrogen and oxygen atoms in total. The number of rotatable bonds is 21. The first-order chi connectivity index (χ1) is 38.3. The van der Waals surface area contributed by atoms with Gasteiger partial charge in [-0.1, -0.05) is 237 Å². The van der Waals surface area contributed by atoms with Crippen molar-refractivity contribution in [2.75, 3.05) is 13.2 Å². The first kappa shape index (κ1) is 56.2. The van der Waals surface area contributed by atoms with Crippen molar-refractivity contribution in [3.8, 4) is 114 Å². The van der Waals surface area contributed by atoms with Crippen LogP contribution in [0.1, 0.15) is 79.6 Å². The number of aromatic nitrogens is 6. The fourth-order valence-electron chi connectivity index (χ4n) is 8.98. The zero-order chi connectivity index (χ0) is 53.9. The van der Waals surface area contributed by atoms with Gasteiger partial charge in [0.1, 0.15) is 23.0 Å². The summed E-state index contributed by atoms with van der Waals surface area (Å²) in [5.74, 6) is 4.94. The lowest BCUT2D eigenvalue weighted by Crippen LogP contribution is -2.11. The lowest BCUT2D eigenvalue weighted by molar-refractivity contribution is 0.232. The average molecular weight is 1050 g/mol. The molecule has 79 heavy (non-hydrogen) atoms. The Morgan fingerprint density at radius 1 is 0.354 bits per heavy atom. The lowest BCUT2D eigenvalue weighted by atomic mass is 10.0. The number of phenolic OH excluding ortho intramolecular Hbond substituents is 2. The van der Waals surface area contributed by atoms with Crippen molar-refractivity contribution >= 4 is 0 Å². The van der Waals surface area contributed by atoms with Crippen LogP contribution >= 0.6 is 0 Å². The van der Waals surface area contributed by atoms with Crippen LogP contribution in [-0.2, 0) is 0 Å². The maximum atomic E-state index is 11.2. The normalized spacial score (nSPS) is 11.2. The quantitative estimate of drug-likeness (QED) is 0.0669. The number of aromatic hydroxyl groups is 2. The molecule has 0 saturated carbocycles. The highest BCUT2D eigenvalue weighted by molar-refractivity contribution is 5.75. The Labute approximate surface area is 466 Å². The van der Waals surface area contributed by atoms with Gasteiger partial charge in [-0.25, -0.2) is 29.9 Å². The fourth-order valence-corrected chi connectivity index (χ4v) is 8.98. The van der Waals surface area contributed by atoms with Gasteiger partial charge in [0, 0.05) is 34.4 Å². The first-order valence-electron chi connectivity index (χ1n) is 27.2. The van der Waals surface area contributed by atoms with E-state index < -0.39 is 0 Å².